The fraction of sp³-hybridized carbons (Fsp3) is 0.750. The first-order valence-electron chi connectivity index (χ1n) is 6.63. The van der Waals surface area contributed by atoms with Gasteiger partial charge in [-0.15, -0.1) is 10.2 Å². The predicted octanol–water partition coefficient (Wildman–Crippen LogP) is 1.15. The summed E-state index contributed by atoms with van der Waals surface area (Å²) in [4.78, 5) is 4.18. The lowest BCUT2D eigenvalue weighted by Gasteiger charge is -2.11. The molecule has 2 N–H and O–H groups in total. The van der Waals surface area contributed by atoms with Crippen LogP contribution < -0.4 is 10.6 Å². The zero-order chi connectivity index (χ0) is 13.2. The van der Waals surface area contributed by atoms with E-state index in [4.69, 9.17) is 0 Å². The van der Waals surface area contributed by atoms with E-state index in [1.807, 2.05) is 4.57 Å². The molecule has 0 atom stereocenters. The molecule has 1 heterocycles. The maximum atomic E-state index is 4.18. The lowest BCUT2D eigenvalue weighted by Crippen LogP contribution is -2.37. The van der Waals surface area contributed by atoms with Crippen LogP contribution in [0.1, 0.15) is 38.9 Å². The van der Waals surface area contributed by atoms with Crippen molar-refractivity contribution in [1.29, 1.82) is 0 Å². The van der Waals surface area contributed by atoms with Gasteiger partial charge in [-0.25, -0.2) is 0 Å². The van der Waals surface area contributed by atoms with Crippen LogP contribution in [0.25, 0.3) is 0 Å². The van der Waals surface area contributed by atoms with Gasteiger partial charge in [-0.1, -0.05) is 19.8 Å². The lowest BCUT2D eigenvalue weighted by atomic mass is 10.2. The van der Waals surface area contributed by atoms with Crippen molar-refractivity contribution in [3.05, 3.63) is 12.2 Å². The van der Waals surface area contributed by atoms with E-state index in [-0.39, 0.29) is 0 Å². The van der Waals surface area contributed by atoms with Crippen molar-refractivity contribution in [2.24, 2.45) is 4.99 Å². The van der Waals surface area contributed by atoms with Gasteiger partial charge in [0.05, 0.1) is 6.54 Å². The van der Waals surface area contributed by atoms with Crippen molar-refractivity contribution in [2.75, 3.05) is 13.6 Å². The number of hydrogen-bond acceptors (Lipinski definition) is 3. The zero-order valence-corrected chi connectivity index (χ0v) is 11.6. The van der Waals surface area contributed by atoms with Crippen LogP contribution in [0.15, 0.2) is 11.3 Å². The third kappa shape index (κ3) is 4.73. The molecule has 0 bridgehead atoms. The Morgan fingerprint density at radius 1 is 1.33 bits per heavy atom. The highest BCUT2D eigenvalue weighted by Gasteiger charge is 2.03. The second-order valence-corrected chi connectivity index (χ2v) is 4.09. The molecule has 1 aromatic rings. The van der Waals surface area contributed by atoms with Crippen molar-refractivity contribution in [3.63, 3.8) is 0 Å². The SMILES string of the molecule is CCCCCNC(=NC)NCc1nncn1CC. The van der Waals surface area contributed by atoms with Crippen LogP contribution in [0.5, 0.6) is 0 Å². The topological polar surface area (TPSA) is 67.1 Å². The maximum Gasteiger partial charge on any atom is 0.191 e. The average molecular weight is 252 g/mol. The Morgan fingerprint density at radius 3 is 2.83 bits per heavy atom. The van der Waals surface area contributed by atoms with Gasteiger partial charge in [-0.2, -0.15) is 0 Å². The predicted molar refractivity (Wildman–Crippen MR) is 73.4 cm³/mol. The first-order valence-corrected chi connectivity index (χ1v) is 6.63. The molecule has 0 saturated heterocycles. The highest BCUT2D eigenvalue weighted by atomic mass is 15.3. The number of unbranched alkanes of at least 4 members (excludes halogenated alkanes) is 2. The molecule has 0 spiro atoms. The minimum Gasteiger partial charge on any atom is -0.356 e. The molecule has 0 aromatic carbocycles. The number of nitrogens with one attached hydrogen (secondary N) is 2. The number of hydrogen-bond donors (Lipinski definition) is 2. The first kappa shape index (κ1) is 14.5. The molecule has 0 saturated carbocycles. The normalized spacial score (nSPS) is 11.6. The highest BCUT2D eigenvalue weighted by Crippen LogP contribution is 1.94. The van der Waals surface area contributed by atoms with Gasteiger partial charge in [0.2, 0.25) is 0 Å². The Bertz CT molecular complexity index is 357. The van der Waals surface area contributed by atoms with E-state index >= 15 is 0 Å². The lowest BCUT2D eigenvalue weighted by molar-refractivity contribution is 0.656. The molecule has 0 aliphatic rings. The average Bonchev–Trinajstić information content (AvgIpc) is 2.85. The Balaban J connectivity index is 2.31. The molecule has 18 heavy (non-hydrogen) atoms. The molecule has 0 amide bonds. The van der Waals surface area contributed by atoms with Gasteiger partial charge in [0.1, 0.15) is 6.33 Å². The molecule has 0 aliphatic heterocycles. The second-order valence-electron chi connectivity index (χ2n) is 4.09. The van der Waals surface area contributed by atoms with E-state index in [1.165, 1.54) is 19.3 Å². The largest absolute Gasteiger partial charge is 0.356 e. The fourth-order valence-corrected chi connectivity index (χ4v) is 1.65. The molecule has 102 valence electrons. The van der Waals surface area contributed by atoms with E-state index in [1.54, 1.807) is 13.4 Å². The monoisotopic (exact) mass is 252 g/mol. The minimum absolute atomic E-state index is 0.640. The number of guanidine groups is 1. The third-order valence-electron chi connectivity index (χ3n) is 2.75. The Morgan fingerprint density at radius 2 is 2.17 bits per heavy atom. The Labute approximate surface area is 109 Å². The number of nitrogens with zero attached hydrogens (tertiary/aromatic N) is 4. The molecule has 6 heteroatoms. The van der Waals surface area contributed by atoms with Crippen LogP contribution in [-0.2, 0) is 13.1 Å². The Hall–Kier alpha value is -1.59. The van der Waals surface area contributed by atoms with Crippen molar-refractivity contribution < 1.29 is 0 Å². The molecule has 0 aliphatic carbocycles. The summed E-state index contributed by atoms with van der Waals surface area (Å²) >= 11 is 0. The van der Waals surface area contributed by atoms with Crippen LogP contribution in [0.4, 0.5) is 0 Å². The summed E-state index contributed by atoms with van der Waals surface area (Å²) in [6, 6.07) is 0. The van der Waals surface area contributed by atoms with Crippen LogP contribution >= 0.6 is 0 Å². The van der Waals surface area contributed by atoms with Gasteiger partial charge >= 0.3 is 0 Å². The summed E-state index contributed by atoms with van der Waals surface area (Å²) in [7, 11) is 1.78. The molecule has 0 unspecified atom stereocenters. The number of aliphatic imine (C=N–C) groups is 1. The smallest absolute Gasteiger partial charge is 0.191 e. The number of aromatic nitrogens is 3. The molecular formula is C12H24N6. The van der Waals surface area contributed by atoms with Gasteiger partial charge in [0.15, 0.2) is 11.8 Å². The number of rotatable bonds is 7. The van der Waals surface area contributed by atoms with Crippen molar-refractivity contribution >= 4 is 5.96 Å². The Kier molecular flexibility index (Phi) is 6.83. The van der Waals surface area contributed by atoms with E-state index in [2.05, 4.69) is 39.7 Å². The van der Waals surface area contributed by atoms with E-state index in [0.717, 1.165) is 24.9 Å². The van der Waals surface area contributed by atoms with E-state index in [9.17, 15) is 0 Å². The summed E-state index contributed by atoms with van der Waals surface area (Å²) in [6.45, 7) is 6.75. The third-order valence-corrected chi connectivity index (χ3v) is 2.75. The van der Waals surface area contributed by atoms with Gasteiger partial charge in [-0.05, 0) is 13.3 Å². The van der Waals surface area contributed by atoms with Gasteiger partial charge in [0, 0.05) is 20.1 Å². The second kappa shape index (κ2) is 8.49. The summed E-state index contributed by atoms with van der Waals surface area (Å²) in [5.74, 6) is 1.74. The number of aryl methyl sites for hydroxylation is 1. The van der Waals surface area contributed by atoms with E-state index in [0.29, 0.717) is 6.54 Å². The fourth-order valence-electron chi connectivity index (χ4n) is 1.65. The molecule has 0 fully saturated rings. The van der Waals surface area contributed by atoms with Crippen molar-refractivity contribution in [1.82, 2.24) is 25.4 Å². The quantitative estimate of drug-likeness (QED) is 0.434. The first-order chi connectivity index (χ1) is 8.81. The molecule has 0 radical (unpaired) electrons. The molecule has 1 aromatic heterocycles. The van der Waals surface area contributed by atoms with Crippen molar-refractivity contribution in [2.45, 2.75) is 46.2 Å². The van der Waals surface area contributed by atoms with Crippen LogP contribution in [0, 0.1) is 0 Å². The highest BCUT2D eigenvalue weighted by molar-refractivity contribution is 5.79. The zero-order valence-electron chi connectivity index (χ0n) is 11.6. The minimum atomic E-state index is 0.640. The standard InChI is InChI=1S/C12H24N6/c1-4-6-7-8-14-12(13-3)15-9-11-17-16-10-18(11)5-2/h10H,4-9H2,1-3H3,(H2,13,14,15). The summed E-state index contributed by atoms with van der Waals surface area (Å²) in [5.41, 5.74) is 0. The molecule has 6 nitrogen and oxygen atoms in total. The van der Waals surface area contributed by atoms with Crippen LogP contribution in [-0.4, -0.2) is 34.3 Å². The van der Waals surface area contributed by atoms with Gasteiger partial charge < -0.3 is 15.2 Å². The summed E-state index contributed by atoms with van der Waals surface area (Å²) in [6.07, 6.45) is 5.39. The summed E-state index contributed by atoms with van der Waals surface area (Å²) < 4.78 is 2.01. The van der Waals surface area contributed by atoms with Crippen LogP contribution in [0.3, 0.4) is 0 Å². The van der Waals surface area contributed by atoms with Crippen molar-refractivity contribution in [3.8, 4) is 0 Å². The molecular weight excluding hydrogens is 228 g/mol. The van der Waals surface area contributed by atoms with Gasteiger partial charge in [-0.3, -0.25) is 4.99 Å². The van der Waals surface area contributed by atoms with Crippen LogP contribution in [0.2, 0.25) is 0 Å². The van der Waals surface area contributed by atoms with Gasteiger partial charge in [0.25, 0.3) is 0 Å². The maximum absolute atomic E-state index is 4.18. The molecule has 1 rings (SSSR count). The summed E-state index contributed by atoms with van der Waals surface area (Å²) in [5, 5.41) is 14.5. The van der Waals surface area contributed by atoms with E-state index < -0.39 is 0 Å².